The van der Waals surface area contributed by atoms with Gasteiger partial charge in [-0.25, -0.2) is 4.98 Å². The Bertz CT molecular complexity index is 698. The molecule has 9 heteroatoms. The number of rotatable bonds is 7. The third-order valence-corrected chi connectivity index (χ3v) is 4.36. The van der Waals surface area contributed by atoms with Crippen molar-refractivity contribution in [2.24, 2.45) is 5.73 Å². The van der Waals surface area contributed by atoms with Gasteiger partial charge < -0.3 is 25.3 Å². The van der Waals surface area contributed by atoms with Crippen LogP contribution in [0, 0.1) is 0 Å². The Morgan fingerprint density at radius 3 is 2.28 bits per heavy atom. The van der Waals surface area contributed by atoms with Crippen LogP contribution in [0.5, 0.6) is 17.2 Å². The maximum absolute atomic E-state index is 12.3. The number of thiazole rings is 1. The number of carbonyl (C=O) groups is 1. The molecule has 0 radical (unpaired) electrons. The molecule has 1 aromatic carbocycles. The van der Waals surface area contributed by atoms with Gasteiger partial charge in [0, 0.05) is 11.9 Å². The molecule has 1 unspecified atom stereocenters. The van der Waals surface area contributed by atoms with Crippen molar-refractivity contribution < 1.29 is 19.0 Å². The van der Waals surface area contributed by atoms with Crippen LogP contribution in [0.1, 0.15) is 34.0 Å². The van der Waals surface area contributed by atoms with Gasteiger partial charge in [-0.3, -0.25) is 4.79 Å². The van der Waals surface area contributed by atoms with Crippen molar-refractivity contribution in [1.29, 1.82) is 0 Å². The Kier molecular flexibility index (Phi) is 7.95. The quantitative estimate of drug-likeness (QED) is 0.757. The smallest absolute Gasteiger partial charge is 0.271 e. The SMILES string of the molecule is COc1cc(C(C)NC(=O)c2csc(CN)n2)cc(OC)c1OC.Cl. The molecular weight excluding hydrogens is 366 g/mol. The summed E-state index contributed by atoms with van der Waals surface area (Å²) in [5, 5.41) is 5.32. The predicted molar refractivity (Wildman–Crippen MR) is 99.2 cm³/mol. The Morgan fingerprint density at radius 2 is 1.84 bits per heavy atom. The molecule has 0 aliphatic carbocycles. The molecule has 1 amide bonds. The Balaban J connectivity index is 0.00000312. The van der Waals surface area contributed by atoms with Gasteiger partial charge in [-0.15, -0.1) is 23.7 Å². The van der Waals surface area contributed by atoms with Crippen LogP contribution in [0.2, 0.25) is 0 Å². The largest absolute Gasteiger partial charge is 0.493 e. The van der Waals surface area contributed by atoms with Crippen LogP contribution in [0.4, 0.5) is 0 Å². The van der Waals surface area contributed by atoms with E-state index in [0.29, 0.717) is 29.5 Å². The standard InChI is InChI=1S/C16H21N3O4S.ClH/c1-9(18-16(20)11-8-24-14(7-17)19-11)10-5-12(21-2)15(23-4)13(6-10)22-3;/h5-6,8-9H,7,17H2,1-4H3,(H,18,20);1H. The van der Waals surface area contributed by atoms with Crippen molar-refractivity contribution in [3.63, 3.8) is 0 Å². The zero-order chi connectivity index (χ0) is 17.7. The highest BCUT2D eigenvalue weighted by Gasteiger charge is 2.19. The van der Waals surface area contributed by atoms with E-state index >= 15 is 0 Å². The van der Waals surface area contributed by atoms with Crippen LogP contribution < -0.4 is 25.3 Å². The molecule has 1 aromatic heterocycles. The van der Waals surface area contributed by atoms with Crippen molar-refractivity contribution in [2.45, 2.75) is 19.5 Å². The number of hydrogen-bond donors (Lipinski definition) is 2. The van der Waals surface area contributed by atoms with Gasteiger partial charge in [-0.2, -0.15) is 0 Å². The van der Waals surface area contributed by atoms with Crippen LogP contribution in [-0.2, 0) is 6.54 Å². The van der Waals surface area contributed by atoms with Gasteiger partial charge in [0.1, 0.15) is 10.7 Å². The summed E-state index contributed by atoms with van der Waals surface area (Å²) in [7, 11) is 4.64. The number of halogens is 1. The molecule has 0 saturated heterocycles. The molecule has 0 aliphatic rings. The highest BCUT2D eigenvalue weighted by Crippen LogP contribution is 2.39. The number of benzene rings is 1. The van der Waals surface area contributed by atoms with Gasteiger partial charge in [0.25, 0.3) is 5.91 Å². The van der Waals surface area contributed by atoms with Gasteiger partial charge in [-0.05, 0) is 24.6 Å². The summed E-state index contributed by atoms with van der Waals surface area (Å²) in [4.78, 5) is 16.5. The molecule has 0 fully saturated rings. The number of nitrogens with zero attached hydrogens (tertiary/aromatic N) is 1. The topological polar surface area (TPSA) is 95.7 Å². The summed E-state index contributed by atoms with van der Waals surface area (Å²) in [5.41, 5.74) is 6.71. The Morgan fingerprint density at radius 1 is 1.24 bits per heavy atom. The van der Waals surface area contributed by atoms with Crippen molar-refractivity contribution in [3.8, 4) is 17.2 Å². The number of methoxy groups -OCH3 is 3. The van der Waals surface area contributed by atoms with E-state index in [-0.39, 0.29) is 24.4 Å². The maximum atomic E-state index is 12.3. The van der Waals surface area contributed by atoms with Crippen molar-refractivity contribution >= 4 is 29.7 Å². The lowest BCUT2D eigenvalue weighted by atomic mass is 10.1. The fourth-order valence-electron chi connectivity index (χ4n) is 2.21. The van der Waals surface area contributed by atoms with Crippen LogP contribution >= 0.6 is 23.7 Å². The number of aromatic nitrogens is 1. The minimum absolute atomic E-state index is 0. The fraction of sp³-hybridized carbons (Fsp3) is 0.375. The third kappa shape index (κ3) is 4.75. The van der Waals surface area contributed by atoms with E-state index in [9.17, 15) is 4.79 Å². The van der Waals surface area contributed by atoms with Gasteiger partial charge in [0.15, 0.2) is 11.5 Å². The monoisotopic (exact) mass is 387 g/mol. The van der Waals surface area contributed by atoms with E-state index in [1.807, 2.05) is 6.92 Å². The Labute approximate surface area is 156 Å². The number of hydrogen-bond acceptors (Lipinski definition) is 7. The van der Waals surface area contributed by atoms with E-state index in [1.165, 1.54) is 11.3 Å². The lowest BCUT2D eigenvalue weighted by Crippen LogP contribution is -2.27. The summed E-state index contributed by atoms with van der Waals surface area (Å²) in [6.07, 6.45) is 0. The first-order chi connectivity index (χ1) is 11.5. The first kappa shape index (κ1) is 21.0. The molecule has 1 heterocycles. The lowest BCUT2D eigenvalue weighted by Gasteiger charge is -2.18. The molecular formula is C16H22ClN3O4S. The van der Waals surface area contributed by atoms with Crippen LogP contribution in [0.3, 0.4) is 0 Å². The number of ether oxygens (including phenoxy) is 3. The van der Waals surface area contributed by atoms with Crippen molar-refractivity contribution in [1.82, 2.24) is 10.3 Å². The molecule has 0 aliphatic heterocycles. The van der Waals surface area contributed by atoms with Crippen LogP contribution in [0.25, 0.3) is 0 Å². The number of amides is 1. The predicted octanol–water partition coefficient (Wildman–Crippen LogP) is 2.54. The third-order valence-electron chi connectivity index (χ3n) is 3.49. The summed E-state index contributed by atoms with van der Waals surface area (Å²) in [6, 6.07) is 3.34. The molecule has 138 valence electrons. The number of nitrogens with two attached hydrogens (primary N) is 1. The highest BCUT2D eigenvalue weighted by atomic mass is 35.5. The summed E-state index contributed by atoms with van der Waals surface area (Å²) in [5.74, 6) is 1.32. The van der Waals surface area contributed by atoms with E-state index in [1.54, 1.807) is 38.8 Å². The molecule has 2 rings (SSSR count). The maximum Gasteiger partial charge on any atom is 0.271 e. The van der Waals surface area contributed by atoms with Gasteiger partial charge in [-0.1, -0.05) is 0 Å². The second-order valence-electron chi connectivity index (χ2n) is 4.98. The number of nitrogens with one attached hydrogen (secondary N) is 1. The van der Waals surface area contributed by atoms with Crippen molar-refractivity contribution in [2.75, 3.05) is 21.3 Å². The van der Waals surface area contributed by atoms with E-state index in [0.717, 1.165) is 10.6 Å². The minimum Gasteiger partial charge on any atom is -0.493 e. The minimum atomic E-state index is -0.269. The zero-order valence-corrected chi connectivity index (χ0v) is 16.1. The molecule has 0 bridgehead atoms. The van der Waals surface area contributed by atoms with Crippen LogP contribution in [0.15, 0.2) is 17.5 Å². The normalized spacial score (nSPS) is 11.2. The van der Waals surface area contributed by atoms with Gasteiger partial charge in [0.05, 0.1) is 27.4 Å². The van der Waals surface area contributed by atoms with Gasteiger partial charge >= 0.3 is 0 Å². The zero-order valence-electron chi connectivity index (χ0n) is 14.5. The molecule has 3 N–H and O–H groups in total. The van der Waals surface area contributed by atoms with E-state index in [4.69, 9.17) is 19.9 Å². The van der Waals surface area contributed by atoms with Gasteiger partial charge in [0.2, 0.25) is 5.75 Å². The second-order valence-corrected chi connectivity index (χ2v) is 5.93. The average molecular weight is 388 g/mol. The van der Waals surface area contributed by atoms with Crippen LogP contribution in [-0.4, -0.2) is 32.2 Å². The number of carbonyl (C=O) groups excluding carboxylic acids is 1. The molecule has 0 saturated carbocycles. The second kappa shape index (κ2) is 9.45. The molecule has 25 heavy (non-hydrogen) atoms. The molecule has 7 nitrogen and oxygen atoms in total. The first-order valence-electron chi connectivity index (χ1n) is 7.29. The summed E-state index contributed by atoms with van der Waals surface area (Å²) < 4.78 is 16.0. The Hall–Kier alpha value is -2.03. The summed E-state index contributed by atoms with van der Waals surface area (Å²) >= 11 is 1.36. The first-order valence-corrected chi connectivity index (χ1v) is 8.17. The fourth-order valence-corrected chi connectivity index (χ4v) is 2.87. The van der Waals surface area contributed by atoms with E-state index < -0.39 is 0 Å². The average Bonchev–Trinajstić information content (AvgIpc) is 3.09. The van der Waals surface area contributed by atoms with Crippen molar-refractivity contribution in [3.05, 3.63) is 33.8 Å². The van der Waals surface area contributed by atoms with E-state index in [2.05, 4.69) is 10.3 Å². The summed E-state index contributed by atoms with van der Waals surface area (Å²) in [6.45, 7) is 2.19. The highest BCUT2D eigenvalue weighted by molar-refractivity contribution is 7.09. The lowest BCUT2D eigenvalue weighted by molar-refractivity contribution is 0.0935. The molecule has 0 spiro atoms. The molecule has 2 aromatic rings. The molecule has 1 atom stereocenters.